The van der Waals surface area contributed by atoms with Crippen LogP contribution in [0.25, 0.3) is 0 Å². The zero-order valence-corrected chi connectivity index (χ0v) is 16.8. The molecule has 3 aliphatic rings. The van der Waals surface area contributed by atoms with Crippen molar-refractivity contribution in [3.63, 3.8) is 0 Å². The quantitative estimate of drug-likeness (QED) is 0.426. The van der Waals surface area contributed by atoms with Crippen LogP contribution in [0, 0.1) is 11.3 Å². The van der Waals surface area contributed by atoms with Gasteiger partial charge in [-0.3, -0.25) is 4.99 Å². The van der Waals surface area contributed by atoms with E-state index < -0.39 is 0 Å². The summed E-state index contributed by atoms with van der Waals surface area (Å²) in [6, 6.07) is 0. The number of nitrogens with zero attached hydrogens (tertiary/aromatic N) is 2. The fourth-order valence-electron chi connectivity index (χ4n) is 4.77. The smallest absolute Gasteiger partial charge is 0.193 e. The van der Waals surface area contributed by atoms with Crippen molar-refractivity contribution in [2.24, 2.45) is 16.3 Å². The van der Waals surface area contributed by atoms with Gasteiger partial charge in [-0.05, 0) is 56.8 Å². The first kappa shape index (κ1) is 19.9. The Morgan fingerprint density at radius 2 is 2.00 bits per heavy atom. The molecule has 0 bridgehead atoms. The van der Waals surface area contributed by atoms with Gasteiger partial charge in [-0.2, -0.15) is 0 Å². The predicted molar refractivity (Wildman–Crippen MR) is 107 cm³/mol. The Hall–Kier alpha value is -0.810. The Kier molecular flexibility index (Phi) is 8.06. The third kappa shape index (κ3) is 5.85. The highest BCUT2D eigenvalue weighted by molar-refractivity contribution is 5.80. The molecule has 2 saturated heterocycles. The lowest BCUT2D eigenvalue weighted by Gasteiger charge is -2.33. The van der Waals surface area contributed by atoms with E-state index in [9.17, 15) is 0 Å². The molecule has 0 atom stereocenters. The third-order valence-electron chi connectivity index (χ3n) is 6.39. The summed E-state index contributed by atoms with van der Waals surface area (Å²) in [6.07, 6.45) is 11.8. The van der Waals surface area contributed by atoms with Gasteiger partial charge in [0.1, 0.15) is 0 Å². The van der Waals surface area contributed by atoms with E-state index in [1.807, 2.05) is 0 Å². The van der Waals surface area contributed by atoms with Crippen molar-refractivity contribution in [1.82, 2.24) is 10.2 Å². The van der Waals surface area contributed by atoms with E-state index in [1.54, 1.807) is 0 Å². The highest BCUT2D eigenvalue weighted by atomic mass is 16.5. The van der Waals surface area contributed by atoms with E-state index >= 15 is 0 Å². The molecule has 1 aliphatic carbocycles. The van der Waals surface area contributed by atoms with E-state index in [1.165, 1.54) is 51.6 Å². The summed E-state index contributed by atoms with van der Waals surface area (Å²) in [5.74, 6) is 1.82. The number of hydrogen-bond acceptors (Lipinski definition) is 3. The number of ether oxygens (including phenoxy) is 2. The van der Waals surface area contributed by atoms with Crippen LogP contribution >= 0.6 is 0 Å². The van der Waals surface area contributed by atoms with Crippen molar-refractivity contribution in [3.05, 3.63) is 0 Å². The van der Waals surface area contributed by atoms with Gasteiger partial charge in [-0.1, -0.05) is 19.3 Å². The van der Waals surface area contributed by atoms with Crippen LogP contribution in [-0.4, -0.2) is 63.5 Å². The second-order valence-electron chi connectivity index (χ2n) is 8.45. The summed E-state index contributed by atoms with van der Waals surface area (Å²) >= 11 is 0. The standard InChI is InChI=1S/C21H39N3O2/c1-2-22-20(24-13-11-21(18-24)9-4-3-5-10-21)23-12-6-14-26-17-19-7-15-25-16-8-19/h19H,2-18H2,1H3,(H,22,23). The molecule has 0 aromatic carbocycles. The second kappa shape index (κ2) is 10.5. The van der Waals surface area contributed by atoms with E-state index in [-0.39, 0.29) is 0 Å². The van der Waals surface area contributed by atoms with Crippen molar-refractivity contribution >= 4 is 5.96 Å². The largest absolute Gasteiger partial charge is 0.381 e. The summed E-state index contributed by atoms with van der Waals surface area (Å²) < 4.78 is 11.3. The number of hydrogen-bond donors (Lipinski definition) is 1. The van der Waals surface area contributed by atoms with Gasteiger partial charge in [-0.15, -0.1) is 0 Å². The summed E-state index contributed by atoms with van der Waals surface area (Å²) in [5, 5.41) is 3.51. The summed E-state index contributed by atoms with van der Waals surface area (Å²) in [4.78, 5) is 7.40. The van der Waals surface area contributed by atoms with Gasteiger partial charge in [0.2, 0.25) is 0 Å². The first-order chi connectivity index (χ1) is 12.8. The number of guanidine groups is 1. The van der Waals surface area contributed by atoms with Crippen LogP contribution in [0.2, 0.25) is 0 Å². The Labute approximate surface area is 159 Å². The SMILES string of the molecule is CCNC(=NCCCOCC1CCOCC1)N1CCC2(CCCCC2)C1. The fraction of sp³-hybridized carbons (Fsp3) is 0.952. The number of likely N-dealkylation sites (tertiary alicyclic amines) is 1. The Balaban J connectivity index is 1.37. The molecule has 2 aliphatic heterocycles. The first-order valence-electron chi connectivity index (χ1n) is 11.0. The maximum Gasteiger partial charge on any atom is 0.193 e. The average Bonchev–Trinajstić information content (AvgIpc) is 3.08. The van der Waals surface area contributed by atoms with Crippen molar-refractivity contribution < 1.29 is 9.47 Å². The maximum atomic E-state index is 5.87. The minimum Gasteiger partial charge on any atom is -0.381 e. The molecular weight excluding hydrogens is 326 g/mol. The lowest BCUT2D eigenvalue weighted by molar-refractivity contribution is 0.0205. The molecule has 1 spiro atoms. The minimum absolute atomic E-state index is 0.585. The number of nitrogens with one attached hydrogen (secondary N) is 1. The van der Waals surface area contributed by atoms with Crippen LogP contribution in [0.15, 0.2) is 4.99 Å². The topological polar surface area (TPSA) is 46.1 Å². The second-order valence-corrected chi connectivity index (χ2v) is 8.45. The van der Waals surface area contributed by atoms with Crippen LogP contribution in [-0.2, 0) is 9.47 Å². The number of aliphatic imine (C=N–C) groups is 1. The Bertz CT molecular complexity index is 429. The molecule has 3 fully saturated rings. The van der Waals surface area contributed by atoms with Gasteiger partial charge in [0.25, 0.3) is 0 Å². The van der Waals surface area contributed by atoms with Crippen LogP contribution in [0.1, 0.15) is 64.7 Å². The van der Waals surface area contributed by atoms with E-state index in [2.05, 4.69) is 17.1 Å². The molecule has 150 valence electrons. The highest BCUT2D eigenvalue weighted by Crippen LogP contribution is 2.43. The highest BCUT2D eigenvalue weighted by Gasteiger charge is 2.39. The van der Waals surface area contributed by atoms with Crippen LogP contribution < -0.4 is 5.32 Å². The van der Waals surface area contributed by atoms with Gasteiger partial charge in [0.15, 0.2) is 5.96 Å². The van der Waals surface area contributed by atoms with Crippen molar-refractivity contribution in [1.29, 1.82) is 0 Å². The summed E-state index contributed by atoms with van der Waals surface area (Å²) in [5.41, 5.74) is 0.585. The maximum absolute atomic E-state index is 5.87. The fourth-order valence-corrected chi connectivity index (χ4v) is 4.77. The Morgan fingerprint density at radius 3 is 2.77 bits per heavy atom. The van der Waals surface area contributed by atoms with Crippen LogP contribution in [0.5, 0.6) is 0 Å². The third-order valence-corrected chi connectivity index (χ3v) is 6.39. The molecule has 0 unspecified atom stereocenters. The molecule has 2 heterocycles. The molecule has 0 amide bonds. The lowest BCUT2D eigenvalue weighted by Crippen LogP contribution is -2.41. The van der Waals surface area contributed by atoms with Crippen molar-refractivity contribution in [2.75, 3.05) is 52.6 Å². The predicted octanol–water partition coefficient (Wildman–Crippen LogP) is 3.44. The van der Waals surface area contributed by atoms with Gasteiger partial charge in [0.05, 0.1) is 0 Å². The monoisotopic (exact) mass is 365 g/mol. The zero-order chi connectivity index (χ0) is 18.1. The normalized spacial score (nSPS) is 24.3. The van der Waals surface area contributed by atoms with Gasteiger partial charge >= 0.3 is 0 Å². The average molecular weight is 366 g/mol. The lowest BCUT2D eigenvalue weighted by atomic mass is 9.73. The van der Waals surface area contributed by atoms with Gasteiger partial charge < -0.3 is 19.7 Å². The van der Waals surface area contributed by atoms with Crippen LogP contribution in [0.3, 0.4) is 0 Å². The molecule has 26 heavy (non-hydrogen) atoms. The van der Waals surface area contributed by atoms with E-state index in [0.29, 0.717) is 11.3 Å². The van der Waals surface area contributed by atoms with Crippen molar-refractivity contribution in [2.45, 2.75) is 64.7 Å². The molecule has 0 aromatic rings. The zero-order valence-electron chi connectivity index (χ0n) is 16.8. The molecule has 1 saturated carbocycles. The molecular formula is C21H39N3O2. The van der Waals surface area contributed by atoms with E-state index in [4.69, 9.17) is 14.5 Å². The molecule has 5 nitrogen and oxygen atoms in total. The minimum atomic E-state index is 0.585. The van der Waals surface area contributed by atoms with E-state index in [0.717, 1.165) is 64.7 Å². The molecule has 0 radical (unpaired) electrons. The Morgan fingerprint density at radius 1 is 1.19 bits per heavy atom. The van der Waals surface area contributed by atoms with Crippen LogP contribution in [0.4, 0.5) is 0 Å². The summed E-state index contributed by atoms with van der Waals surface area (Å²) in [6.45, 7) is 9.88. The van der Waals surface area contributed by atoms with Gasteiger partial charge in [0, 0.05) is 52.6 Å². The molecule has 1 N–H and O–H groups in total. The molecule has 0 aromatic heterocycles. The first-order valence-corrected chi connectivity index (χ1v) is 11.0. The molecule has 3 rings (SSSR count). The van der Waals surface area contributed by atoms with Gasteiger partial charge in [-0.25, -0.2) is 0 Å². The molecule has 5 heteroatoms. The summed E-state index contributed by atoms with van der Waals surface area (Å²) in [7, 11) is 0. The number of rotatable bonds is 7. The van der Waals surface area contributed by atoms with Crippen molar-refractivity contribution in [3.8, 4) is 0 Å².